The largest absolute Gasteiger partial charge is 0.497 e. The first-order valence-electron chi connectivity index (χ1n) is 7.67. The molecule has 0 atom stereocenters. The van der Waals surface area contributed by atoms with Crippen molar-refractivity contribution in [3.8, 4) is 22.9 Å². The van der Waals surface area contributed by atoms with E-state index in [1.54, 1.807) is 20.4 Å². The molecule has 0 aliphatic rings. The van der Waals surface area contributed by atoms with Gasteiger partial charge in [-0.2, -0.15) is 0 Å². The zero-order valence-corrected chi connectivity index (χ0v) is 13.5. The Morgan fingerprint density at radius 1 is 0.833 bits per heavy atom. The molecule has 0 bridgehead atoms. The molecule has 0 spiro atoms. The summed E-state index contributed by atoms with van der Waals surface area (Å²) in [5.74, 6) is 1.48. The molecule has 0 aliphatic heterocycles. The number of pyridine rings is 2. The fraction of sp³-hybridized carbons (Fsp3) is 0.100. The molecule has 24 heavy (non-hydrogen) atoms. The van der Waals surface area contributed by atoms with Crippen LogP contribution in [0.25, 0.3) is 33.1 Å². The number of benzene rings is 2. The summed E-state index contributed by atoms with van der Waals surface area (Å²) in [5.41, 5.74) is 2.54. The quantitative estimate of drug-likeness (QED) is 0.523. The number of hydrogen-bond donors (Lipinski definition) is 0. The minimum Gasteiger partial charge on any atom is -0.497 e. The third-order valence-electron chi connectivity index (χ3n) is 4.10. The molecule has 0 unspecified atom stereocenters. The van der Waals surface area contributed by atoms with Crippen molar-refractivity contribution in [2.45, 2.75) is 0 Å². The molecule has 2 heterocycles. The van der Waals surface area contributed by atoms with E-state index in [2.05, 4.69) is 11.1 Å². The first kappa shape index (κ1) is 14.5. The van der Waals surface area contributed by atoms with Gasteiger partial charge in [-0.3, -0.25) is 4.98 Å². The monoisotopic (exact) mass is 316 g/mol. The van der Waals surface area contributed by atoms with Crippen LogP contribution in [0.1, 0.15) is 0 Å². The van der Waals surface area contributed by atoms with Gasteiger partial charge < -0.3 is 9.47 Å². The minimum atomic E-state index is 0.725. The van der Waals surface area contributed by atoms with Crippen molar-refractivity contribution in [3.63, 3.8) is 0 Å². The number of hydrogen-bond acceptors (Lipinski definition) is 4. The summed E-state index contributed by atoms with van der Waals surface area (Å²) in [6.07, 6.45) is 1.77. The molecule has 2 aromatic carbocycles. The molecule has 0 radical (unpaired) electrons. The summed E-state index contributed by atoms with van der Waals surface area (Å²) in [6.45, 7) is 0. The lowest BCUT2D eigenvalue weighted by Gasteiger charge is -2.14. The van der Waals surface area contributed by atoms with Crippen LogP contribution in [0, 0.1) is 0 Å². The number of rotatable bonds is 3. The summed E-state index contributed by atoms with van der Waals surface area (Å²) in [6, 6.07) is 17.8. The molecule has 4 aromatic rings. The number of methoxy groups -OCH3 is 2. The van der Waals surface area contributed by atoms with Crippen LogP contribution in [0.4, 0.5) is 0 Å². The maximum Gasteiger partial charge on any atom is 0.132 e. The Balaban J connectivity index is 2.21. The molecule has 0 fully saturated rings. The number of para-hydroxylation sites is 1. The van der Waals surface area contributed by atoms with Gasteiger partial charge in [-0.05, 0) is 24.3 Å². The zero-order chi connectivity index (χ0) is 16.5. The van der Waals surface area contributed by atoms with Crippen molar-refractivity contribution in [1.29, 1.82) is 0 Å². The van der Waals surface area contributed by atoms with E-state index in [9.17, 15) is 0 Å². The third-order valence-corrected chi connectivity index (χ3v) is 4.10. The van der Waals surface area contributed by atoms with E-state index in [1.807, 2.05) is 48.5 Å². The SMILES string of the molecule is COc1cc(OC)c2c(-c3ccccn3)nc3ccccc3c2c1. The van der Waals surface area contributed by atoms with Crippen molar-refractivity contribution >= 4 is 21.7 Å². The van der Waals surface area contributed by atoms with Crippen molar-refractivity contribution < 1.29 is 9.47 Å². The Hall–Kier alpha value is -3.14. The van der Waals surface area contributed by atoms with Gasteiger partial charge in [0.1, 0.15) is 17.2 Å². The van der Waals surface area contributed by atoms with Gasteiger partial charge in [-0.15, -0.1) is 0 Å². The second-order valence-corrected chi connectivity index (χ2v) is 5.44. The molecular weight excluding hydrogens is 300 g/mol. The molecule has 4 rings (SSSR count). The molecule has 0 aliphatic carbocycles. The molecule has 0 N–H and O–H groups in total. The number of nitrogens with zero attached hydrogens (tertiary/aromatic N) is 2. The molecule has 118 valence electrons. The summed E-state index contributed by atoms with van der Waals surface area (Å²) in [7, 11) is 3.31. The lowest BCUT2D eigenvalue weighted by atomic mass is 10.0. The Labute approximate surface area is 139 Å². The highest BCUT2D eigenvalue weighted by Gasteiger charge is 2.16. The van der Waals surface area contributed by atoms with E-state index in [4.69, 9.17) is 14.5 Å². The molecular formula is C20H16N2O2. The van der Waals surface area contributed by atoms with Crippen LogP contribution >= 0.6 is 0 Å². The van der Waals surface area contributed by atoms with Gasteiger partial charge in [0.15, 0.2) is 0 Å². The van der Waals surface area contributed by atoms with Gasteiger partial charge in [-0.1, -0.05) is 24.3 Å². The van der Waals surface area contributed by atoms with Gasteiger partial charge >= 0.3 is 0 Å². The Morgan fingerprint density at radius 2 is 1.67 bits per heavy atom. The lowest BCUT2D eigenvalue weighted by Crippen LogP contribution is -1.95. The fourth-order valence-electron chi connectivity index (χ4n) is 2.99. The van der Waals surface area contributed by atoms with Gasteiger partial charge in [-0.25, -0.2) is 4.98 Å². The van der Waals surface area contributed by atoms with E-state index in [-0.39, 0.29) is 0 Å². The Morgan fingerprint density at radius 3 is 2.42 bits per heavy atom. The first-order chi connectivity index (χ1) is 11.8. The summed E-state index contributed by atoms with van der Waals surface area (Å²) in [5, 5.41) is 3.04. The van der Waals surface area contributed by atoms with E-state index in [0.717, 1.165) is 44.6 Å². The molecule has 0 amide bonds. The maximum atomic E-state index is 5.63. The minimum absolute atomic E-state index is 0.725. The van der Waals surface area contributed by atoms with Crippen molar-refractivity contribution in [2.75, 3.05) is 14.2 Å². The highest BCUT2D eigenvalue weighted by atomic mass is 16.5. The predicted molar refractivity (Wildman–Crippen MR) is 95.6 cm³/mol. The maximum absolute atomic E-state index is 5.63. The second-order valence-electron chi connectivity index (χ2n) is 5.44. The van der Waals surface area contributed by atoms with Crippen molar-refractivity contribution in [2.24, 2.45) is 0 Å². The lowest BCUT2D eigenvalue weighted by molar-refractivity contribution is 0.398. The average molecular weight is 316 g/mol. The van der Waals surface area contributed by atoms with Gasteiger partial charge in [0.05, 0.1) is 30.8 Å². The van der Waals surface area contributed by atoms with Crippen molar-refractivity contribution in [1.82, 2.24) is 9.97 Å². The molecule has 4 heteroatoms. The number of aromatic nitrogens is 2. The molecule has 2 aromatic heterocycles. The first-order valence-corrected chi connectivity index (χ1v) is 7.67. The van der Waals surface area contributed by atoms with E-state index < -0.39 is 0 Å². The van der Waals surface area contributed by atoms with Crippen LogP contribution < -0.4 is 9.47 Å². The second kappa shape index (κ2) is 5.81. The van der Waals surface area contributed by atoms with Gasteiger partial charge in [0.25, 0.3) is 0 Å². The van der Waals surface area contributed by atoms with Crippen LogP contribution in [0.5, 0.6) is 11.5 Å². The number of fused-ring (bicyclic) bond motifs is 3. The van der Waals surface area contributed by atoms with Gasteiger partial charge in [0, 0.05) is 23.0 Å². The molecule has 4 nitrogen and oxygen atoms in total. The van der Waals surface area contributed by atoms with Crippen LogP contribution in [0.3, 0.4) is 0 Å². The van der Waals surface area contributed by atoms with E-state index in [1.165, 1.54) is 0 Å². The average Bonchev–Trinajstić information content (AvgIpc) is 2.67. The highest BCUT2D eigenvalue weighted by Crippen LogP contribution is 2.40. The van der Waals surface area contributed by atoms with Crippen LogP contribution in [0.2, 0.25) is 0 Å². The topological polar surface area (TPSA) is 44.2 Å². The number of ether oxygens (including phenoxy) is 2. The zero-order valence-electron chi connectivity index (χ0n) is 13.5. The standard InChI is InChI=1S/C20H16N2O2/c1-23-13-11-15-14-7-3-4-8-16(14)22-20(17-9-5-6-10-21-17)19(15)18(12-13)24-2/h3-12H,1-2H3. The normalized spacial score (nSPS) is 10.9. The Bertz CT molecular complexity index is 1030. The van der Waals surface area contributed by atoms with Crippen molar-refractivity contribution in [3.05, 3.63) is 60.8 Å². The third kappa shape index (κ3) is 2.24. The van der Waals surface area contributed by atoms with Crippen LogP contribution in [-0.4, -0.2) is 24.2 Å². The van der Waals surface area contributed by atoms with E-state index >= 15 is 0 Å². The van der Waals surface area contributed by atoms with Gasteiger partial charge in [0.2, 0.25) is 0 Å². The van der Waals surface area contributed by atoms with Crippen LogP contribution in [0.15, 0.2) is 60.8 Å². The Kier molecular flexibility index (Phi) is 3.50. The smallest absolute Gasteiger partial charge is 0.132 e. The fourth-order valence-corrected chi connectivity index (χ4v) is 2.99. The highest BCUT2D eigenvalue weighted by molar-refractivity contribution is 6.13. The predicted octanol–water partition coefficient (Wildman–Crippen LogP) is 4.47. The molecule has 0 saturated carbocycles. The summed E-state index contributed by atoms with van der Waals surface area (Å²) < 4.78 is 11.1. The molecule has 0 saturated heterocycles. The summed E-state index contributed by atoms with van der Waals surface area (Å²) in [4.78, 5) is 9.33. The van der Waals surface area contributed by atoms with Crippen LogP contribution in [-0.2, 0) is 0 Å². The summed E-state index contributed by atoms with van der Waals surface area (Å²) >= 11 is 0. The van der Waals surface area contributed by atoms with E-state index in [0.29, 0.717) is 0 Å².